The lowest BCUT2D eigenvalue weighted by molar-refractivity contribution is -0.286. The number of hydrogen-bond donors (Lipinski definition) is 5. The Kier molecular flexibility index (Phi) is 2.54. The second kappa shape index (κ2) is 3.65. The molecule has 12 heavy (non-hydrogen) atoms. The molecule has 1 aliphatic heterocycles. The average Bonchev–Trinajstić information content (AvgIpc) is 2.08. The van der Waals surface area contributed by atoms with Crippen molar-refractivity contribution in [2.75, 3.05) is 6.61 Å². The van der Waals surface area contributed by atoms with Gasteiger partial charge < -0.3 is 30.3 Å². The van der Waals surface area contributed by atoms with Crippen molar-refractivity contribution in [1.82, 2.24) is 0 Å². The van der Waals surface area contributed by atoms with Crippen molar-refractivity contribution in [2.45, 2.75) is 30.7 Å². The van der Waals surface area contributed by atoms with Crippen molar-refractivity contribution >= 4 is 0 Å². The summed E-state index contributed by atoms with van der Waals surface area (Å²) in [5, 5.41) is 45.0. The summed E-state index contributed by atoms with van der Waals surface area (Å²) in [6.45, 7) is -0.661. The minimum Gasteiger partial charge on any atom is -0.394 e. The van der Waals surface area contributed by atoms with Crippen LogP contribution in [0, 0.1) is 0 Å². The summed E-state index contributed by atoms with van der Waals surface area (Å²) in [5.74, 6) is 0. The molecule has 1 unspecified atom stereocenters. The van der Waals surface area contributed by atoms with Crippen molar-refractivity contribution in [3.63, 3.8) is 0 Å². The summed E-state index contributed by atoms with van der Waals surface area (Å²) in [7, 11) is 0. The molecule has 0 aliphatic carbocycles. The van der Waals surface area contributed by atoms with Crippen molar-refractivity contribution in [3.05, 3.63) is 0 Å². The lowest BCUT2D eigenvalue weighted by Crippen LogP contribution is -2.58. The van der Waals surface area contributed by atoms with Crippen molar-refractivity contribution in [2.24, 2.45) is 0 Å². The molecule has 72 valence electrons. The molecule has 1 saturated heterocycles. The first-order valence-electron chi connectivity index (χ1n) is 3.95. The first kappa shape index (κ1) is 8.36. The van der Waals surface area contributed by atoms with Gasteiger partial charge in [-0.05, 0) is 0 Å². The maximum Gasteiger partial charge on any atom is 0.184 e. The highest BCUT2D eigenvalue weighted by molar-refractivity contribution is 4.87. The van der Waals surface area contributed by atoms with Crippen LogP contribution < -0.4 is 0 Å². The van der Waals surface area contributed by atoms with Gasteiger partial charge in [0.1, 0.15) is 24.4 Å². The Morgan fingerprint density at radius 2 is 1.67 bits per heavy atom. The number of rotatable bonds is 1. The predicted octanol–water partition coefficient (Wildman–Crippen LogP) is -3.22. The van der Waals surface area contributed by atoms with Gasteiger partial charge in [-0.15, -0.1) is 0 Å². The predicted molar refractivity (Wildman–Crippen MR) is 36.0 cm³/mol. The van der Waals surface area contributed by atoms with Gasteiger partial charge in [0.15, 0.2) is 6.27 Å². The molecule has 5 N–H and O–H groups in total. The van der Waals surface area contributed by atoms with Crippen molar-refractivity contribution < 1.29 is 31.6 Å². The Balaban J connectivity index is 2.79. The number of aliphatic hydroxyl groups is 5. The number of aliphatic hydroxyl groups excluding tert-OH is 4. The highest BCUT2D eigenvalue weighted by atomic mass is 16.6. The zero-order chi connectivity index (χ0) is 10.2. The molecule has 0 aromatic rings. The van der Waals surface area contributed by atoms with Gasteiger partial charge in [0.05, 0.1) is 7.98 Å². The monoisotopic (exact) mass is 182 g/mol. The summed E-state index contributed by atoms with van der Waals surface area (Å²) < 4.78 is 11.4. The second-order valence-corrected chi connectivity index (χ2v) is 2.60. The number of hydrogen-bond acceptors (Lipinski definition) is 6. The van der Waals surface area contributed by atoms with E-state index < -0.39 is 37.3 Å². The molecular weight excluding hydrogens is 168 g/mol. The Morgan fingerprint density at radius 3 is 2.17 bits per heavy atom. The molecule has 0 aromatic carbocycles. The first-order valence-corrected chi connectivity index (χ1v) is 3.45. The zero-order valence-corrected chi connectivity index (χ0v) is 6.16. The summed E-state index contributed by atoms with van der Waals surface area (Å²) in [6.07, 6.45) is -9.14. The molecule has 1 fully saturated rings. The third-order valence-electron chi connectivity index (χ3n) is 1.76. The van der Waals surface area contributed by atoms with Gasteiger partial charge in [0.25, 0.3) is 0 Å². The van der Waals surface area contributed by atoms with E-state index in [2.05, 4.69) is 4.74 Å². The van der Waals surface area contributed by atoms with E-state index in [0.29, 0.717) is 0 Å². The van der Waals surface area contributed by atoms with Gasteiger partial charge in [-0.1, -0.05) is 0 Å². The maximum atomic E-state index is 9.15. The quantitative estimate of drug-likeness (QED) is 0.292. The standard InChI is InChI=1S/C6H12O6/c7-1-2-3(8)4(9)5(10)6(11)12-2/h2-11H,1H2/t2-,3+,4-,5-,6?/m1/s1/i6T. The molecule has 6 heteroatoms. The van der Waals surface area contributed by atoms with E-state index in [1.165, 1.54) is 0 Å². The fourth-order valence-electron chi connectivity index (χ4n) is 0.993. The van der Waals surface area contributed by atoms with Crippen molar-refractivity contribution in [3.8, 4) is 0 Å². The summed E-state index contributed by atoms with van der Waals surface area (Å²) in [6, 6.07) is 0. The normalized spacial score (nSPS) is 56.6. The van der Waals surface area contributed by atoms with E-state index >= 15 is 0 Å². The third-order valence-corrected chi connectivity index (χ3v) is 1.76. The summed E-state index contributed by atoms with van der Waals surface area (Å²) in [4.78, 5) is 0. The second-order valence-electron chi connectivity index (χ2n) is 2.60. The van der Waals surface area contributed by atoms with Crippen LogP contribution in [0.25, 0.3) is 0 Å². The minimum absolute atomic E-state index is 0.661. The molecule has 0 bridgehead atoms. The average molecular weight is 182 g/mol. The molecule has 0 amide bonds. The van der Waals surface area contributed by atoms with Gasteiger partial charge in [0.2, 0.25) is 0 Å². The number of ether oxygens (including phenoxy) is 1. The SMILES string of the molecule is [3H]C1(O)O[C@H](CO)[C@H](O)[C@@H](O)[C@H]1O. The fraction of sp³-hybridized carbons (Fsp3) is 1.00. The molecular formula is C6H12O6. The largest absolute Gasteiger partial charge is 0.394 e. The van der Waals surface area contributed by atoms with E-state index in [1.54, 1.807) is 0 Å². The van der Waals surface area contributed by atoms with E-state index in [-0.39, 0.29) is 0 Å². The van der Waals surface area contributed by atoms with Gasteiger partial charge in [-0.3, -0.25) is 0 Å². The van der Waals surface area contributed by atoms with Crippen LogP contribution >= 0.6 is 0 Å². The summed E-state index contributed by atoms with van der Waals surface area (Å²) >= 11 is 0. The molecule has 5 atom stereocenters. The Bertz CT molecular complexity index is 184. The Labute approximate surface area is 70.0 Å². The van der Waals surface area contributed by atoms with E-state index in [4.69, 9.17) is 26.9 Å². The summed E-state index contributed by atoms with van der Waals surface area (Å²) in [5.41, 5.74) is 0. The lowest BCUT2D eigenvalue weighted by Gasteiger charge is -2.37. The minimum atomic E-state index is -2.70. The van der Waals surface area contributed by atoms with Crippen LogP contribution in [0.4, 0.5) is 0 Å². The lowest BCUT2D eigenvalue weighted by atomic mass is 10.00. The zero-order valence-electron chi connectivity index (χ0n) is 7.16. The van der Waals surface area contributed by atoms with Gasteiger partial charge in [-0.25, -0.2) is 0 Å². The third kappa shape index (κ3) is 1.58. The van der Waals surface area contributed by atoms with E-state index in [0.717, 1.165) is 0 Å². The molecule has 1 rings (SSSR count). The maximum absolute atomic E-state index is 9.15. The van der Waals surface area contributed by atoms with Crippen LogP contribution in [0.3, 0.4) is 0 Å². The highest BCUT2D eigenvalue weighted by Gasteiger charge is 2.42. The van der Waals surface area contributed by atoms with Crippen LogP contribution in [0.2, 0.25) is 0 Å². The molecule has 0 radical (unpaired) electrons. The van der Waals surface area contributed by atoms with Crippen LogP contribution in [-0.2, 0) is 4.74 Å². The topological polar surface area (TPSA) is 110 Å². The van der Waals surface area contributed by atoms with E-state index in [9.17, 15) is 0 Å². The highest BCUT2D eigenvalue weighted by Crippen LogP contribution is 2.18. The fourth-order valence-corrected chi connectivity index (χ4v) is 0.993. The molecule has 1 aliphatic rings. The van der Waals surface area contributed by atoms with Gasteiger partial charge in [0, 0.05) is 0 Å². The van der Waals surface area contributed by atoms with E-state index in [1.807, 2.05) is 0 Å². The molecule has 0 spiro atoms. The molecule has 0 aromatic heterocycles. The van der Waals surface area contributed by atoms with Gasteiger partial charge >= 0.3 is 0 Å². The Hall–Kier alpha value is -0.240. The Morgan fingerprint density at radius 1 is 1.08 bits per heavy atom. The van der Waals surface area contributed by atoms with Crippen molar-refractivity contribution in [1.29, 1.82) is 0 Å². The molecule has 1 heterocycles. The van der Waals surface area contributed by atoms with Crippen LogP contribution in [0.15, 0.2) is 0 Å². The smallest absolute Gasteiger partial charge is 0.184 e. The first-order chi connectivity index (χ1) is 5.90. The molecule has 6 nitrogen and oxygen atoms in total. The van der Waals surface area contributed by atoms with Crippen LogP contribution in [0.1, 0.15) is 1.37 Å². The van der Waals surface area contributed by atoms with Gasteiger partial charge in [-0.2, -0.15) is 0 Å². The van der Waals surface area contributed by atoms with Crippen LogP contribution in [-0.4, -0.2) is 62.8 Å². The van der Waals surface area contributed by atoms with Crippen LogP contribution in [0.5, 0.6) is 0 Å². The molecule has 0 saturated carbocycles.